The van der Waals surface area contributed by atoms with E-state index >= 15 is 0 Å². The molecule has 0 aliphatic carbocycles. The van der Waals surface area contributed by atoms with E-state index in [2.05, 4.69) is 5.32 Å². The van der Waals surface area contributed by atoms with E-state index in [1.807, 2.05) is 32.0 Å². The molecule has 2 aliphatic heterocycles. The molecule has 7 nitrogen and oxygen atoms in total. The minimum Gasteiger partial charge on any atom is -0.493 e. The fourth-order valence-electron chi connectivity index (χ4n) is 3.16. The monoisotopic (exact) mass is 331 g/mol. The molecule has 1 atom stereocenters. The van der Waals surface area contributed by atoms with Gasteiger partial charge in [-0.2, -0.15) is 0 Å². The topological polar surface area (TPSA) is 79.0 Å². The Bertz CT molecular complexity index is 668. The summed E-state index contributed by atoms with van der Waals surface area (Å²) in [5.41, 5.74) is 2.08. The highest BCUT2D eigenvalue weighted by Crippen LogP contribution is 2.22. The molecule has 2 heterocycles. The zero-order valence-electron chi connectivity index (χ0n) is 13.9. The predicted octanol–water partition coefficient (Wildman–Crippen LogP) is 0.835. The Labute approximate surface area is 140 Å². The minimum absolute atomic E-state index is 0.0620. The van der Waals surface area contributed by atoms with Gasteiger partial charge in [-0.3, -0.25) is 14.9 Å². The SMILES string of the molecule is Cc1cccc(C)c1OCCC(=O)N1CCN2C(=O)NC(=O)C2C1. The second-order valence-corrected chi connectivity index (χ2v) is 6.16. The average molecular weight is 331 g/mol. The number of hydrogen-bond donors (Lipinski definition) is 1. The van der Waals surface area contributed by atoms with Crippen molar-refractivity contribution in [3.8, 4) is 5.75 Å². The van der Waals surface area contributed by atoms with Crippen molar-refractivity contribution >= 4 is 17.8 Å². The van der Waals surface area contributed by atoms with Gasteiger partial charge in [-0.1, -0.05) is 18.2 Å². The lowest BCUT2D eigenvalue weighted by atomic mass is 10.1. The second kappa shape index (κ2) is 6.51. The molecule has 1 unspecified atom stereocenters. The Hall–Kier alpha value is -2.57. The number of imide groups is 1. The van der Waals surface area contributed by atoms with E-state index in [1.54, 1.807) is 4.90 Å². The van der Waals surface area contributed by atoms with Crippen molar-refractivity contribution in [2.45, 2.75) is 26.3 Å². The van der Waals surface area contributed by atoms with Crippen molar-refractivity contribution in [3.05, 3.63) is 29.3 Å². The van der Waals surface area contributed by atoms with Crippen LogP contribution >= 0.6 is 0 Å². The fraction of sp³-hybridized carbons (Fsp3) is 0.471. The number of carbonyl (C=O) groups is 3. The van der Waals surface area contributed by atoms with Crippen LogP contribution in [0.1, 0.15) is 17.5 Å². The molecule has 1 aromatic rings. The summed E-state index contributed by atoms with van der Waals surface area (Å²) in [5.74, 6) is 0.424. The van der Waals surface area contributed by atoms with E-state index in [1.165, 1.54) is 4.90 Å². The maximum atomic E-state index is 12.3. The lowest BCUT2D eigenvalue weighted by Crippen LogP contribution is -2.54. The minimum atomic E-state index is -0.560. The number of carbonyl (C=O) groups excluding carboxylic acids is 3. The van der Waals surface area contributed by atoms with Gasteiger partial charge in [-0.25, -0.2) is 4.79 Å². The van der Waals surface area contributed by atoms with Crippen LogP contribution in [0.3, 0.4) is 0 Å². The van der Waals surface area contributed by atoms with Crippen LogP contribution in [-0.2, 0) is 9.59 Å². The molecular formula is C17H21N3O4. The molecule has 1 aromatic carbocycles. The smallest absolute Gasteiger partial charge is 0.324 e. The summed E-state index contributed by atoms with van der Waals surface area (Å²) in [6, 6.07) is 4.99. The molecule has 3 rings (SSSR count). The fourth-order valence-corrected chi connectivity index (χ4v) is 3.16. The maximum absolute atomic E-state index is 12.3. The highest BCUT2D eigenvalue weighted by molar-refractivity contribution is 6.04. The molecule has 0 aromatic heterocycles. The molecule has 4 amide bonds. The van der Waals surface area contributed by atoms with Crippen molar-refractivity contribution in [1.29, 1.82) is 0 Å². The number of amides is 4. The van der Waals surface area contributed by atoms with Gasteiger partial charge in [-0.05, 0) is 25.0 Å². The van der Waals surface area contributed by atoms with Gasteiger partial charge >= 0.3 is 6.03 Å². The van der Waals surface area contributed by atoms with Crippen LogP contribution in [0.15, 0.2) is 18.2 Å². The molecule has 0 radical (unpaired) electrons. The molecule has 0 saturated carbocycles. The first kappa shape index (κ1) is 16.3. The summed E-state index contributed by atoms with van der Waals surface area (Å²) in [5, 5.41) is 2.28. The van der Waals surface area contributed by atoms with Crippen molar-refractivity contribution in [2.24, 2.45) is 0 Å². The molecule has 2 fully saturated rings. The van der Waals surface area contributed by atoms with Crippen LogP contribution in [0.2, 0.25) is 0 Å². The second-order valence-electron chi connectivity index (χ2n) is 6.16. The lowest BCUT2D eigenvalue weighted by molar-refractivity contribution is -0.135. The Morgan fingerprint density at radius 1 is 1.25 bits per heavy atom. The molecule has 0 spiro atoms. The van der Waals surface area contributed by atoms with Gasteiger partial charge < -0.3 is 14.5 Å². The Kier molecular flexibility index (Phi) is 4.42. The largest absolute Gasteiger partial charge is 0.493 e. The number of urea groups is 1. The van der Waals surface area contributed by atoms with Crippen LogP contribution in [-0.4, -0.2) is 59.9 Å². The highest BCUT2D eigenvalue weighted by Gasteiger charge is 2.42. The summed E-state index contributed by atoms with van der Waals surface area (Å²) >= 11 is 0. The molecule has 128 valence electrons. The van der Waals surface area contributed by atoms with Gasteiger partial charge in [0.25, 0.3) is 5.91 Å². The summed E-state index contributed by atoms with van der Waals surface area (Å²) in [6.07, 6.45) is 0.246. The molecule has 2 aliphatic rings. The van der Waals surface area contributed by atoms with Crippen LogP contribution < -0.4 is 10.1 Å². The van der Waals surface area contributed by atoms with Gasteiger partial charge in [0.2, 0.25) is 5.91 Å². The molecular weight excluding hydrogens is 310 g/mol. The van der Waals surface area contributed by atoms with Crippen LogP contribution in [0.5, 0.6) is 5.75 Å². The zero-order chi connectivity index (χ0) is 17.3. The molecule has 7 heteroatoms. The van der Waals surface area contributed by atoms with E-state index in [4.69, 9.17) is 4.74 Å². The van der Waals surface area contributed by atoms with Gasteiger partial charge in [0.05, 0.1) is 19.6 Å². The number of piperazine rings is 1. The van der Waals surface area contributed by atoms with Crippen molar-refractivity contribution in [1.82, 2.24) is 15.1 Å². The third kappa shape index (κ3) is 3.06. The van der Waals surface area contributed by atoms with E-state index < -0.39 is 6.04 Å². The average Bonchev–Trinajstić information content (AvgIpc) is 2.84. The maximum Gasteiger partial charge on any atom is 0.324 e. The number of benzene rings is 1. The number of nitrogens with one attached hydrogen (secondary N) is 1. The number of nitrogens with zero attached hydrogens (tertiary/aromatic N) is 2. The molecule has 0 bridgehead atoms. The number of fused-ring (bicyclic) bond motifs is 1. The highest BCUT2D eigenvalue weighted by atomic mass is 16.5. The first-order valence-electron chi connectivity index (χ1n) is 8.05. The Morgan fingerprint density at radius 3 is 2.67 bits per heavy atom. The normalized spacial score (nSPS) is 20.0. The third-order valence-electron chi connectivity index (χ3n) is 4.50. The molecule has 1 N–H and O–H groups in total. The van der Waals surface area contributed by atoms with Gasteiger partial charge in [0.15, 0.2) is 0 Å². The van der Waals surface area contributed by atoms with E-state index in [0.29, 0.717) is 19.7 Å². The standard InChI is InChI=1S/C17H21N3O4/c1-11-4-3-5-12(2)15(11)24-9-6-14(21)19-7-8-20-13(10-19)16(22)18-17(20)23/h3-5,13H,6-10H2,1-2H3,(H,18,22,23). The van der Waals surface area contributed by atoms with Gasteiger partial charge in [0.1, 0.15) is 11.8 Å². The van der Waals surface area contributed by atoms with E-state index in [0.717, 1.165) is 16.9 Å². The number of para-hydroxylation sites is 1. The third-order valence-corrected chi connectivity index (χ3v) is 4.50. The number of aryl methyl sites for hydroxylation is 2. The summed E-state index contributed by atoms with van der Waals surface area (Å²) in [7, 11) is 0. The van der Waals surface area contributed by atoms with E-state index in [9.17, 15) is 14.4 Å². The molecule has 2 saturated heterocycles. The zero-order valence-corrected chi connectivity index (χ0v) is 13.9. The van der Waals surface area contributed by atoms with Crippen LogP contribution in [0.4, 0.5) is 4.79 Å². The molecule has 24 heavy (non-hydrogen) atoms. The lowest BCUT2D eigenvalue weighted by Gasteiger charge is -2.35. The number of ether oxygens (including phenoxy) is 1. The van der Waals surface area contributed by atoms with Crippen LogP contribution in [0.25, 0.3) is 0 Å². The van der Waals surface area contributed by atoms with Gasteiger partial charge in [-0.15, -0.1) is 0 Å². The first-order chi connectivity index (χ1) is 11.5. The first-order valence-corrected chi connectivity index (χ1v) is 8.05. The van der Waals surface area contributed by atoms with Crippen molar-refractivity contribution in [2.75, 3.05) is 26.2 Å². The van der Waals surface area contributed by atoms with Crippen molar-refractivity contribution in [3.63, 3.8) is 0 Å². The number of rotatable bonds is 4. The Morgan fingerprint density at radius 2 is 1.96 bits per heavy atom. The van der Waals surface area contributed by atoms with E-state index in [-0.39, 0.29) is 30.8 Å². The summed E-state index contributed by atoms with van der Waals surface area (Å²) in [4.78, 5) is 38.7. The van der Waals surface area contributed by atoms with Crippen molar-refractivity contribution < 1.29 is 19.1 Å². The predicted molar refractivity (Wildman–Crippen MR) is 86.6 cm³/mol. The number of hydrogen-bond acceptors (Lipinski definition) is 4. The summed E-state index contributed by atoms with van der Waals surface area (Å²) < 4.78 is 5.76. The van der Waals surface area contributed by atoms with Gasteiger partial charge in [0, 0.05) is 13.1 Å². The van der Waals surface area contributed by atoms with Crippen LogP contribution in [0, 0.1) is 13.8 Å². The quantitative estimate of drug-likeness (QED) is 0.829. The Balaban J connectivity index is 1.53. The summed E-state index contributed by atoms with van der Waals surface area (Å²) in [6.45, 7) is 5.31.